The molecule has 0 spiro atoms. The molecule has 116 valence electrons. The summed E-state index contributed by atoms with van der Waals surface area (Å²) in [5.41, 5.74) is -0.742. The number of hydrogen-bond donors (Lipinski definition) is 0. The standard InChI is InChI=1S/C16H30N2O2/c1-11-9-18(14(20)16(6,7)8)12(2)10-17(11)13(19)15(3,4)5/h11-12H,9-10H2,1-8H3/t11-,12-/m1/s1. The summed E-state index contributed by atoms with van der Waals surface area (Å²) >= 11 is 0. The number of carbonyl (C=O) groups is 2. The van der Waals surface area contributed by atoms with E-state index in [-0.39, 0.29) is 34.7 Å². The normalized spacial score (nSPS) is 24.8. The summed E-state index contributed by atoms with van der Waals surface area (Å²) in [7, 11) is 0. The molecule has 4 nitrogen and oxygen atoms in total. The summed E-state index contributed by atoms with van der Waals surface area (Å²) in [6, 6.07) is 0.147. The molecular formula is C16H30N2O2. The van der Waals surface area contributed by atoms with Crippen LogP contribution in [-0.4, -0.2) is 46.8 Å². The Kier molecular flexibility index (Phi) is 4.57. The maximum atomic E-state index is 12.5. The van der Waals surface area contributed by atoms with E-state index in [0.29, 0.717) is 13.1 Å². The molecule has 2 atom stereocenters. The number of nitrogens with zero attached hydrogens (tertiary/aromatic N) is 2. The van der Waals surface area contributed by atoms with E-state index in [1.807, 2.05) is 65.2 Å². The van der Waals surface area contributed by atoms with Crippen LogP contribution in [0.25, 0.3) is 0 Å². The summed E-state index contributed by atoms with van der Waals surface area (Å²) in [6.45, 7) is 17.0. The molecule has 0 bridgehead atoms. The van der Waals surface area contributed by atoms with E-state index in [1.54, 1.807) is 0 Å². The van der Waals surface area contributed by atoms with E-state index in [2.05, 4.69) is 0 Å². The Hall–Kier alpha value is -1.06. The van der Waals surface area contributed by atoms with Crippen molar-refractivity contribution >= 4 is 11.8 Å². The van der Waals surface area contributed by atoms with Crippen LogP contribution < -0.4 is 0 Å². The number of hydrogen-bond acceptors (Lipinski definition) is 2. The molecule has 20 heavy (non-hydrogen) atoms. The van der Waals surface area contributed by atoms with Crippen molar-refractivity contribution < 1.29 is 9.59 Å². The van der Waals surface area contributed by atoms with Crippen LogP contribution >= 0.6 is 0 Å². The van der Waals surface area contributed by atoms with Gasteiger partial charge in [0.15, 0.2) is 0 Å². The van der Waals surface area contributed by atoms with Crippen molar-refractivity contribution in [2.75, 3.05) is 13.1 Å². The Morgan fingerprint density at radius 3 is 1.20 bits per heavy atom. The second-order valence-corrected chi connectivity index (χ2v) is 8.11. The van der Waals surface area contributed by atoms with Gasteiger partial charge in [-0.15, -0.1) is 0 Å². The topological polar surface area (TPSA) is 40.6 Å². The summed E-state index contributed by atoms with van der Waals surface area (Å²) in [4.78, 5) is 28.8. The summed E-state index contributed by atoms with van der Waals surface area (Å²) in [5, 5.41) is 0. The first-order valence-corrected chi connectivity index (χ1v) is 7.48. The van der Waals surface area contributed by atoms with Gasteiger partial charge in [0.05, 0.1) is 0 Å². The molecule has 1 heterocycles. The van der Waals surface area contributed by atoms with Gasteiger partial charge in [0, 0.05) is 36.0 Å². The van der Waals surface area contributed by atoms with Crippen LogP contribution in [0.5, 0.6) is 0 Å². The van der Waals surface area contributed by atoms with Crippen LogP contribution in [0.15, 0.2) is 0 Å². The van der Waals surface area contributed by atoms with Gasteiger partial charge >= 0.3 is 0 Å². The van der Waals surface area contributed by atoms with E-state index in [4.69, 9.17) is 0 Å². The minimum atomic E-state index is -0.371. The van der Waals surface area contributed by atoms with Gasteiger partial charge in [-0.25, -0.2) is 0 Å². The smallest absolute Gasteiger partial charge is 0.228 e. The summed E-state index contributed by atoms with van der Waals surface area (Å²) < 4.78 is 0. The van der Waals surface area contributed by atoms with Gasteiger partial charge in [-0.2, -0.15) is 0 Å². The van der Waals surface area contributed by atoms with Crippen LogP contribution in [0.1, 0.15) is 55.4 Å². The molecule has 2 amide bonds. The SMILES string of the molecule is C[C@@H]1CN(C(=O)C(C)(C)C)[C@H](C)CN1C(=O)C(C)(C)C. The van der Waals surface area contributed by atoms with Crippen LogP contribution in [0.4, 0.5) is 0 Å². The minimum absolute atomic E-state index is 0.0734. The lowest BCUT2D eigenvalue weighted by Gasteiger charge is -2.47. The second kappa shape index (κ2) is 5.38. The van der Waals surface area contributed by atoms with Crippen LogP contribution in [-0.2, 0) is 9.59 Å². The zero-order chi connectivity index (χ0) is 15.9. The van der Waals surface area contributed by atoms with Gasteiger partial charge in [-0.1, -0.05) is 41.5 Å². The lowest BCUT2D eigenvalue weighted by atomic mass is 9.90. The van der Waals surface area contributed by atoms with Crippen molar-refractivity contribution in [1.82, 2.24) is 9.80 Å². The highest BCUT2D eigenvalue weighted by atomic mass is 16.2. The Labute approximate surface area is 123 Å². The van der Waals surface area contributed by atoms with Gasteiger partial charge in [0.2, 0.25) is 11.8 Å². The second-order valence-electron chi connectivity index (χ2n) is 8.11. The lowest BCUT2D eigenvalue weighted by Crippen LogP contribution is -2.62. The number of amides is 2. The molecule has 0 aromatic heterocycles. The molecular weight excluding hydrogens is 252 g/mol. The van der Waals surface area contributed by atoms with Gasteiger partial charge in [-0.05, 0) is 13.8 Å². The number of rotatable bonds is 0. The van der Waals surface area contributed by atoms with Crippen LogP contribution in [0.3, 0.4) is 0 Å². The molecule has 0 aliphatic carbocycles. The summed E-state index contributed by atoms with van der Waals surface area (Å²) in [6.07, 6.45) is 0. The molecule has 1 fully saturated rings. The molecule has 0 radical (unpaired) electrons. The summed E-state index contributed by atoms with van der Waals surface area (Å²) in [5.74, 6) is 0.333. The van der Waals surface area contributed by atoms with Crippen molar-refractivity contribution in [3.05, 3.63) is 0 Å². The predicted molar refractivity (Wildman–Crippen MR) is 81.3 cm³/mol. The fourth-order valence-corrected chi connectivity index (χ4v) is 2.55. The van der Waals surface area contributed by atoms with Gasteiger partial charge in [-0.3, -0.25) is 9.59 Å². The van der Waals surface area contributed by atoms with Crippen LogP contribution in [0, 0.1) is 10.8 Å². The van der Waals surface area contributed by atoms with Gasteiger partial charge in [0.1, 0.15) is 0 Å². The molecule has 1 rings (SSSR count). The molecule has 0 aromatic carbocycles. The Morgan fingerprint density at radius 2 is 1.00 bits per heavy atom. The van der Waals surface area contributed by atoms with Crippen molar-refractivity contribution in [3.8, 4) is 0 Å². The largest absolute Gasteiger partial charge is 0.336 e. The highest BCUT2D eigenvalue weighted by molar-refractivity contribution is 5.84. The fourth-order valence-electron chi connectivity index (χ4n) is 2.55. The third-order valence-corrected chi connectivity index (χ3v) is 3.79. The van der Waals surface area contributed by atoms with E-state index < -0.39 is 0 Å². The Morgan fingerprint density at radius 1 is 0.750 bits per heavy atom. The third kappa shape index (κ3) is 3.53. The fraction of sp³-hybridized carbons (Fsp3) is 0.875. The molecule has 1 saturated heterocycles. The first-order chi connectivity index (χ1) is 8.85. The maximum absolute atomic E-state index is 12.5. The van der Waals surface area contributed by atoms with E-state index in [0.717, 1.165) is 0 Å². The van der Waals surface area contributed by atoms with Crippen molar-refractivity contribution in [1.29, 1.82) is 0 Å². The van der Waals surface area contributed by atoms with Gasteiger partial charge < -0.3 is 9.80 Å². The molecule has 0 saturated carbocycles. The molecule has 1 aliphatic heterocycles. The molecule has 4 heteroatoms. The Bertz CT molecular complexity index is 352. The lowest BCUT2D eigenvalue weighted by molar-refractivity contribution is -0.154. The quantitative estimate of drug-likeness (QED) is 0.685. The van der Waals surface area contributed by atoms with E-state index in [1.165, 1.54) is 0 Å². The van der Waals surface area contributed by atoms with Gasteiger partial charge in [0.25, 0.3) is 0 Å². The van der Waals surface area contributed by atoms with E-state index >= 15 is 0 Å². The third-order valence-electron chi connectivity index (χ3n) is 3.79. The van der Waals surface area contributed by atoms with Crippen molar-refractivity contribution in [2.24, 2.45) is 10.8 Å². The molecule has 0 N–H and O–H groups in total. The van der Waals surface area contributed by atoms with Crippen LogP contribution in [0.2, 0.25) is 0 Å². The van der Waals surface area contributed by atoms with Crippen molar-refractivity contribution in [3.63, 3.8) is 0 Å². The Balaban J connectivity index is 2.87. The zero-order valence-electron chi connectivity index (χ0n) is 14.3. The number of piperazine rings is 1. The maximum Gasteiger partial charge on any atom is 0.228 e. The zero-order valence-corrected chi connectivity index (χ0v) is 14.3. The molecule has 1 aliphatic rings. The molecule has 0 unspecified atom stereocenters. The highest BCUT2D eigenvalue weighted by Gasteiger charge is 2.40. The monoisotopic (exact) mass is 282 g/mol. The highest BCUT2D eigenvalue weighted by Crippen LogP contribution is 2.26. The molecule has 0 aromatic rings. The van der Waals surface area contributed by atoms with Crippen molar-refractivity contribution in [2.45, 2.75) is 67.5 Å². The minimum Gasteiger partial charge on any atom is -0.336 e. The first-order valence-electron chi connectivity index (χ1n) is 7.48. The number of carbonyl (C=O) groups excluding carboxylic acids is 2. The van der Waals surface area contributed by atoms with E-state index in [9.17, 15) is 9.59 Å². The average Bonchev–Trinajstić information content (AvgIpc) is 2.27. The average molecular weight is 282 g/mol. The first kappa shape index (κ1) is 17.0. The predicted octanol–water partition coefficient (Wildman–Crippen LogP) is 2.53.